The van der Waals surface area contributed by atoms with E-state index in [1.807, 2.05) is 0 Å². The molecule has 3 aromatic carbocycles. The van der Waals surface area contributed by atoms with E-state index in [1.54, 1.807) is 65.8 Å². The zero-order valence-corrected chi connectivity index (χ0v) is 26.5. The molecule has 1 N–H and O–H groups in total. The lowest BCUT2D eigenvalue weighted by molar-refractivity contribution is -0.356. The summed E-state index contributed by atoms with van der Waals surface area (Å²) in [5, 5.41) is 0. The number of carbonyl (C=O) groups excluding carboxylic acids is 3. The first kappa shape index (κ1) is 37.0. The Balaban J connectivity index is 2.19. The summed E-state index contributed by atoms with van der Waals surface area (Å²) in [7, 11) is -6.08. The molecule has 0 amide bonds. The molecule has 0 saturated heterocycles. The lowest BCUT2D eigenvalue weighted by Gasteiger charge is -2.35. The molecule has 3 aromatic rings. The molecule has 0 aliphatic heterocycles. The molecule has 0 aliphatic rings. The second kappa shape index (κ2) is 13.0. The first-order chi connectivity index (χ1) is 21.3. The van der Waals surface area contributed by atoms with E-state index in [1.165, 1.54) is 0 Å². The highest BCUT2D eigenvalue weighted by atomic mass is 32.2. The number of ether oxygens (including phenoxy) is 3. The van der Waals surface area contributed by atoms with Gasteiger partial charge < -0.3 is 14.2 Å². The quantitative estimate of drug-likeness (QED) is 0.116. The van der Waals surface area contributed by atoms with Gasteiger partial charge in [-0.1, -0.05) is 35.4 Å². The number of esters is 3. The molecule has 0 atom stereocenters. The van der Waals surface area contributed by atoms with E-state index < -0.39 is 68.4 Å². The topological polar surface area (TPSA) is 133 Å². The lowest BCUT2D eigenvalue weighted by Crippen LogP contribution is -2.63. The van der Waals surface area contributed by atoms with Gasteiger partial charge in [0.05, 0.1) is 16.7 Å². The molecular formula is C31H28F6O9S. The summed E-state index contributed by atoms with van der Waals surface area (Å²) in [4.78, 5) is 39.5. The van der Waals surface area contributed by atoms with E-state index in [0.717, 1.165) is 17.2 Å². The number of benzene rings is 3. The standard InChI is InChI=1S/C31H28F6O9S/c1-15-7-17(3)24(18(4)8-15)44-26(38)21-11-22(27(39)45-25-19(5)9-16(2)10-20(25)6)13-23(12-21)28(40)46-29(30(32,33)34,31(35,36)37)14-47(41,42)43/h7-13H,14H2,1-6H3,(H,41,42,43). The average Bonchev–Trinajstić information content (AvgIpc) is 2.89. The predicted octanol–water partition coefficient (Wildman–Crippen LogP) is 6.88. The van der Waals surface area contributed by atoms with Gasteiger partial charge in [-0.2, -0.15) is 34.8 Å². The number of alkyl halides is 6. The summed E-state index contributed by atoms with van der Waals surface area (Å²) in [5.41, 5.74) is -4.84. The molecule has 47 heavy (non-hydrogen) atoms. The SMILES string of the molecule is Cc1cc(C)c(OC(=O)c2cc(C(=O)Oc3c(C)cc(C)cc3C)cc(C(=O)OC(CS(=O)(=O)O)(C(F)(F)F)C(F)(F)F)c2)c(C)c1. The van der Waals surface area contributed by atoms with Crippen LogP contribution in [0.4, 0.5) is 26.3 Å². The Morgan fingerprint density at radius 3 is 1.17 bits per heavy atom. The van der Waals surface area contributed by atoms with Crippen molar-refractivity contribution in [1.82, 2.24) is 0 Å². The molecular weight excluding hydrogens is 662 g/mol. The molecule has 0 bridgehead atoms. The van der Waals surface area contributed by atoms with Crippen molar-refractivity contribution in [1.29, 1.82) is 0 Å². The Morgan fingerprint density at radius 2 is 0.894 bits per heavy atom. The second-order valence-electron chi connectivity index (χ2n) is 11.0. The molecule has 0 unspecified atom stereocenters. The molecule has 9 nitrogen and oxygen atoms in total. The van der Waals surface area contributed by atoms with Gasteiger partial charge in [0.1, 0.15) is 17.3 Å². The van der Waals surface area contributed by atoms with Crippen molar-refractivity contribution >= 4 is 28.0 Å². The first-order valence-corrected chi connectivity index (χ1v) is 15.0. The summed E-state index contributed by atoms with van der Waals surface area (Å²) in [5.74, 6) is -8.04. The zero-order chi connectivity index (χ0) is 35.9. The van der Waals surface area contributed by atoms with Crippen LogP contribution in [0.2, 0.25) is 0 Å². The molecule has 0 aromatic heterocycles. The molecule has 0 fully saturated rings. The van der Waals surface area contributed by atoms with Crippen LogP contribution in [0.1, 0.15) is 64.5 Å². The Morgan fingerprint density at radius 1 is 0.596 bits per heavy atom. The fourth-order valence-electron chi connectivity index (χ4n) is 4.88. The van der Waals surface area contributed by atoms with Gasteiger partial charge in [-0.25, -0.2) is 14.4 Å². The van der Waals surface area contributed by atoms with Crippen molar-refractivity contribution in [3.63, 3.8) is 0 Å². The fourth-order valence-corrected chi connectivity index (χ4v) is 5.78. The number of halogens is 6. The number of carbonyl (C=O) groups is 3. The predicted molar refractivity (Wildman–Crippen MR) is 154 cm³/mol. The normalized spacial score (nSPS) is 12.4. The molecule has 254 valence electrons. The van der Waals surface area contributed by atoms with Crippen LogP contribution in [0, 0.1) is 41.5 Å². The van der Waals surface area contributed by atoms with Crippen LogP contribution in [0.15, 0.2) is 42.5 Å². The maximum Gasteiger partial charge on any atom is 0.438 e. The summed E-state index contributed by atoms with van der Waals surface area (Å²) >= 11 is 0. The van der Waals surface area contributed by atoms with Crippen LogP contribution >= 0.6 is 0 Å². The van der Waals surface area contributed by atoms with Gasteiger partial charge in [-0.3, -0.25) is 4.55 Å². The maximum atomic E-state index is 13.9. The minimum absolute atomic E-state index is 0.0462. The van der Waals surface area contributed by atoms with E-state index in [0.29, 0.717) is 34.4 Å². The third-order valence-corrected chi connectivity index (χ3v) is 7.58. The van der Waals surface area contributed by atoms with Crippen molar-refractivity contribution in [2.75, 3.05) is 5.75 Å². The van der Waals surface area contributed by atoms with Gasteiger partial charge in [0.15, 0.2) is 0 Å². The Labute approximate surface area is 265 Å². The Kier molecular flexibility index (Phi) is 10.2. The number of rotatable bonds is 8. The van der Waals surface area contributed by atoms with Crippen molar-refractivity contribution in [3.8, 4) is 11.5 Å². The largest absolute Gasteiger partial charge is 0.438 e. The van der Waals surface area contributed by atoms with Crippen molar-refractivity contribution in [2.45, 2.75) is 59.5 Å². The van der Waals surface area contributed by atoms with E-state index in [2.05, 4.69) is 4.74 Å². The Hall–Kier alpha value is -4.44. The highest BCUT2D eigenvalue weighted by molar-refractivity contribution is 7.85. The first-order valence-electron chi connectivity index (χ1n) is 13.4. The van der Waals surface area contributed by atoms with Gasteiger partial charge in [0, 0.05) is 0 Å². The number of hydrogen-bond acceptors (Lipinski definition) is 8. The Bertz CT molecular complexity index is 1710. The van der Waals surface area contributed by atoms with Crippen LogP contribution in [-0.2, 0) is 14.9 Å². The third kappa shape index (κ3) is 8.29. The van der Waals surface area contributed by atoms with E-state index >= 15 is 0 Å². The van der Waals surface area contributed by atoms with Crippen LogP contribution in [-0.4, -0.2) is 54.6 Å². The average molecular weight is 691 g/mol. The zero-order valence-electron chi connectivity index (χ0n) is 25.6. The number of aryl methyl sites for hydroxylation is 6. The lowest BCUT2D eigenvalue weighted by atomic mass is 10.0. The highest BCUT2D eigenvalue weighted by Gasteiger charge is 2.76. The van der Waals surface area contributed by atoms with Crippen LogP contribution in [0.3, 0.4) is 0 Å². The monoisotopic (exact) mass is 690 g/mol. The minimum Gasteiger partial charge on any atom is -0.435 e. The van der Waals surface area contributed by atoms with Crippen LogP contribution in [0.5, 0.6) is 11.5 Å². The fraction of sp³-hybridized carbons (Fsp3) is 0.323. The molecule has 0 heterocycles. The third-order valence-electron chi connectivity index (χ3n) is 6.81. The summed E-state index contributed by atoms with van der Waals surface area (Å²) in [6.07, 6.45) is -13.2. The van der Waals surface area contributed by atoms with Crippen LogP contribution < -0.4 is 9.47 Å². The molecule has 0 saturated carbocycles. The molecule has 0 spiro atoms. The summed E-state index contributed by atoms with van der Waals surface area (Å²) < 4.78 is 129. The summed E-state index contributed by atoms with van der Waals surface area (Å²) in [6.45, 7) is 9.89. The highest BCUT2D eigenvalue weighted by Crippen LogP contribution is 2.47. The van der Waals surface area contributed by atoms with Crippen LogP contribution in [0.25, 0.3) is 0 Å². The smallest absolute Gasteiger partial charge is 0.435 e. The van der Waals surface area contributed by atoms with Crippen molar-refractivity contribution in [3.05, 3.63) is 92.5 Å². The summed E-state index contributed by atoms with van der Waals surface area (Å²) in [6, 6.07) is 8.44. The molecule has 0 radical (unpaired) electrons. The number of hydrogen-bond donors (Lipinski definition) is 1. The van der Waals surface area contributed by atoms with Crippen molar-refractivity contribution in [2.24, 2.45) is 0 Å². The minimum atomic E-state index is -6.62. The van der Waals surface area contributed by atoms with Crippen molar-refractivity contribution < 1.29 is 67.9 Å². The van der Waals surface area contributed by atoms with E-state index in [4.69, 9.17) is 14.0 Å². The molecule has 3 rings (SSSR count). The maximum absolute atomic E-state index is 13.9. The van der Waals surface area contributed by atoms with Gasteiger partial charge in [0.25, 0.3) is 10.1 Å². The second-order valence-corrected chi connectivity index (χ2v) is 12.4. The van der Waals surface area contributed by atoms with Gasteiger partial charge in [0.2, 0.25) is 0 Å². The van der Waals surface area contributed by atoms with E-state index in [-0.39, 0.29) is 11.5 Å². The van der Waals surface area contributed by atoms with Gasteiger partial charge in [-0.05, 0) is 82.0 Å². The van der Waals surface area contributed by atoms with E-state index in [9.17, 15) is 49.1 Å². The molecule has 0 aliphatic carbocycles. The molecule has 16 heteroatoms. The van der Waals surface area contributed by atoms with Gasteiger partial charge >= 0.3 is 35.9 Å². The van der Waals surface area contributed by atoms with Gasteiger partial charge in [-0.15, -0.1) is 0 Å².